The third-order valence-electron chi connectivity index (χ3n) is 1.75. The van der Waals surface area contributed by atoms with Gasteiger partial charge >= 0.3 is 0 Å². The first kappa shape index (κ1) is 11.7. The van der Waals surface area contributed by atoms with E-state index < -0.39 is 0 Å². The van der Waals surface area contributed by atoms with Crippen LogP contribution in [-0.4, -0.2) is 24.1 Å². The van der Waals surface area contributed by atoms with E-state index in [1.54, 1.807) is 0 Å². The van der Waals surface area contributed by atoms with Crippen LogP contribution in [0.4, 0.5) is 5.95 Å². The molecule has 78 valence electrons. The van der Waals surface area contributed by atoms with Crippen LogP contribution in [0.15, 0.2) is 4.47 Å². The third kappa shape index (κ3) is 2.58. The van der Waals surface area contributed by atoms with Gasteiger partial charge in [0, 0.05) is 14.1 Å². The summed E-state index contributed by atoms with van der Waals surface area (Å²) in [6.45, 7) is 2.11. The molecule has 0 aliphatic rings. The fourth-order valence-electron chi connectivity index (χ4n) is 1.05. The lowest BCUT2D eigenvalue weighted by molar-refractivity contribution is 0.853. The summed E-state index contributed by atoms with van der Waals surface area (Å²) in [6.07, 6.45) is 1.95. The van der Waals surface area contributed by atoms with Gasteiger partial charge in [-0.15, -0.1) is 0 Å². The van der Waals surface area contributed by atoms with Gasteiger partial charge in [-0.1, -0.05) is 24.9 Å². The van der Waals surface area contributed by atoms with E-state index in [0.717, 1.165) is 23.0 Å². The molecular formula is C9H13BrClN3. The van der Waals surface area contributed by atoms with E-state index in [1.165, 1.54) is 0 Å². The number of halogens is 2. The number of rotatable bonds is 3. The molecule has 14 heavy (non-hydrogen) atoms. The number of aromatic nitrogens is 2. The van der Waals surface area contributed by atoms with Crippen molar-refractivity contribution in [1.29, 1.82) is 0 Å². The quantitative estimate of drug-likeness (QED) is 0.796. The Labute approximate surface area is 97.6 Å². The van der Waals surface area contributed by atoms with Crippen molar-refractivity contribution in [2.75, 3.05) is 19.0 Å². The van der Waals surface area contributed by atoms with E-state index in [1.807, 2.05) is 19.0 Å². The Kier molecular flexibility index (Phi) is 4.13. The molecule has 0 unspecified atom stereocenters. The number of anilines is 1. The summed E-state index contributed by atoms with van der Waals surface area (Å²) >= 11 is 9.36. The second-order valence-electron chi connectivity index (χ2n) is 3.22. The highest BCUT2D eigenvalue weighted by molar-refractivity contribution is 9.10. The lowest BCUT2D eigenvalue weighted by Crippen LogP contribution is -2.14. The molecule has 0 radical (unpaired) electrons. The Morgan fingerprint density at radius 2 is 2.00 bits per heavy atom. The summed E-state index contributed by atoms with van der Waals surface area (Å²) in [5, 5.41) is 0.479. The molecule has 0 spiro atoms. The summed E-state index contributed by atoms with van der Waals surface area (Å²) in [5.41, 5.74) is 0.969. The Hall–Kier alpha value is -0.350. The second kappa shape index (κ2) is 4.94. The zero-order chi connectivity index (χ0) is 10.7. The molecule has 1 rings (SSSR count). The zero-order valence-corrected chi connectivity index (χ0v) is 10.9. The summed E-state index contributed by atoms with van der Waals surface area (Å²) < 4.78 is 0.812. The minimum atomic E-state index is 0.479. The number of hydrogen-bond donors (Lipinski definition) is 0. The first-order valence-electron chi connectivity index (χ1n) is 4.45. The van der Waals surface area contributed by atoms with Crippen LogP contribution in [0, 0.1) is 0 Å². The summed E-state index contributed by atoms with van der Waals surface area (Å²) in [4.78, 5) is 10.4. The monoisotopic (exact) mass is 277 g/mol. The standard InChI is InChI=1S/C9H13BrClN3/c1-4-5-6-7(10)8(11)13-9(12-6)14(2)3/h4-5H2,1-3H3. The maximum Gasteiger partial charge on any atom is 0.226 e. The van der Waals surface area contributed by atoms with Crippen molar-refractivity contribution in [3.8, 4) is 0 Å². The van der Waals surface area contributed by atoms with E-state index in [9.17, 15) is 0 Å². The van der Waals surface area contributed by atoms with E-state index in [0.29, 0.717) is 11.1 Å². The topological polar surface area (TPSA) is 29.0 Å². The van der Waals surface area contributed by atoms with Gasteiger partial charge in [0.15, 0.2) is 0 Å². The Bertz CT molecular complexity index is 328. The maximum atomic E-state index is 5.97. The number of hydrogen-bond acceptors (Lipinski definition) is 3. The zero-order valence-electron chi connectivity index (χ0n) is 8.51. The molecule has 0 aromatic carbocycles. The van der Waals surface area contributed by atoms with Gasteiger partial charge in [-0.05, 0) is 22.4 Å². The molecule has 0 N–H and O–H groups in total. The van der Waals surface area contributed by atoms with Crippen LogP contribution in [0.5, 0.6) is 0 Å². The maximum absolute atomic E-state index is 5.97. The molecule has 3 nitrogen and oxygen atoms in total. The van der Waals surface area contributed by atoms with Gasteiger partial charge in [0.05, 0.1) is 10.2 Å². The summed E-state index contributed by atoms with van der Waals surface area (Å²) in [7, 11) is 3.80. The number of nitrogens with zero attached hydrogens (tertiary/aromatic N) is 3. The minimum Gasteiger partial charge on any atom is -0.347 e. The fourth-order valence-corrected chi connectivity index (χ4v) is 1.61. The molecule has 1 aromatic rings. The van der Waals surface area contributed by atoms with Crippen molar-refractivity contribution >= 4 is 33.5 Å². The molecule has 1 aromatic heterocycles. The summed E-state index contributed by atoms with van der Waals surface area (Å²) in [5.74, 6) is 0.654. The van der Waals surface area contributed by atoms with Crippen molar-refractivity contribution < 1.29 is 0 Å². The van der Waals surface area contributed by atoms with E-state index in [2.05, 4.69) is 32.8 Å². The smallest absolute Gasteiger partial charge is 0.226 e. The van der Waals surface area contributed by atoms with Gasteiger partial charge in [0.1, 0.15) is 5.15 Å². The van der Waals surface area contributed by atoms with Gasteiger partial charge in [0.2, 0.25) is 5.95 Å². The van der Waals surface area contributed by atoms with Crippen molar-refractivity contribution in [2.45, 2.75) is 19.8 Å². The predicted molar refractivity (Wildman–Crippen MR) is 63.1 cm³/mol. The molecule has 1 heterocycles. The van der Waals surface area contributed by atoms with Crippen LogP contribution in [0.25, 0.3) is 0 Å². The third-order valence-corrected chi connectivity index (χ3v) is 3.09. The van der Waals surface area contributed by atoms with Gasteiger partial charge < -0.3 is 4.90 Å². The summed E-state index contributed by atoms with van der Waals surface area (Å²) in [6, 6.07) is 0. The lowest BCUT2D eigenvalue weighted by atomic mass is 10.2. The molecule has 0 saturated carbocycles. The van der Waals surface area contributed by atoms with Gasteiger partial charge in [-0.3, -0.25) is 0 Å². The molecule has 0 saturated heterocycles. The SMILES string of the molecule is CCCc1nc(N(C)C)nc(Cl)c1Br. The average Bonchev–Trinajstić information content (AvgIpc) is 2.12. The van der Waals surface area contributed by atoms with E-state index >= 15 is 0 Å². The second-order valence-corrected chi connectivity index (χ2v) is 4.37. The van der Waals surface area contributed by atoms with Crippen LogP contribution in [0.2, 0.25) is 5.15 Å². The highest BCUT2D eigenvalue weighted by Gasteiger charge is 2.10. The predicted octanol–water partition coefficient (Wildman–Crippen LogP) is 2.91. The first-order chi connectivity index (χ1) is 6.56. The molecule has 0 atom stereocenters. The molecular weight excluding hydrogens is 265 g/mol. The Morgan fingerprint density at radius 1 is 1.36 bits per heavy atom. The van der Waals surface area contributed by atoms with Gasteiger partial charge in [0.25, 0.3) is 0 Å². The largest absolute Gasteiger partial charge is 0.347 e. The highest BCUT2D eigenvalue weighted by atomic mass is 79.9. The average molecular weight is 279 g/mol. The van der Waals surface area contributed by atoms with E-state index in [4.69, 9.17) is 11.6 Å². The van der Waals surface area contributed by atoms with Crippen LogP contribution >= 0.6 is 27.5 Å². The molecule has 0 aliphatic heterocycles. The normalized spacial score (nSPS) is 10.4. The molecule has 0 aliphatic carbocycles. The minimum absolute atomic E-state index is 0.479. The lowest BCUT2D eigenvalue weighted by Gasteiger charge is -2.12. The first-order valence-corrected chi connectivity index (χ1v) is 5.62. The van der Waals surface area contributed by atoms with Gasteiger partial charge in [-0.25, -0.2) is 4.98 Å². The van der Waals surface area contributed by atoms with Gasteiger partial charge in [-0.2, -0.15) is 4.98 Å². The fraction of sp³-hybridized carbons (Fsp3) is 0.556. The van der Waals surface area contributed by atoms with Crippen LogP contribution in [0.3, 0.4) is 0 Å². The Morgan fingerprint density at radius 3 is 2.50 bits per heavy atom. The van der Waals surface area contributed by atoms with Crippen molar-refractivity contribution in [3.63, 3.8) is 0 Å². The van der Waals surface area contributed by atoms with Crippen LogP contribution in [0.1, 0.15) is 19.0 Å². The molecule has 0 bridgehead atoms. The van der Waals surface area contributed by atoms with Crippen LogP contribution in [-0.2, 0) is 6.42 Å². The number of aryl methyl sites for hydroxylation is 1. The van der Waals surface area contributed by atoms with E-state index in [-0.39, 0.29) is 0 Å². The molecule has 0 fully saturated rings. The highest BCUT2D eigenvalue weighted by Crippen LogP contribution is 2.26. The Balaban J connectivity index is 3.14. The van der Waals surface area contributed by atoms with Crippen LogP contribution < -0.4 is 4.90 Å². The van der Waals surface area contributed by atoms with Crippen molar-refractivity contribution in [1.82, 2.24) is 9.97 Å². The molecule has 0 amide bonds. The molecule has 5 heteroatoms. The van der Waals surface area contributed by atoms with Crippen molar-refractivity contribution in [3.05, 3.63) is 15.3 Å². The van der Waals surface area contributed by atoms with Crippen molar-refractivity contribution in [2.24, 2.45) is 0 Å².